The van der Waals surface area contributed by atoms with Crippen LogP contribution in [-0.4, -0.2) is 55.8 Å². The lowest BCUT2D eigenvalue weighted by Gasteiger charge is -2.19. The molecular formula is C17H36IN5O3. The van der Waals surface area contributed by atoms with Crippen LogP contribution in [0.15, 0.2) is 4.99 Å². The van der Waals surface area contributed by atoms with Gasteiger partial charge >= 0.3 is 6.09 Å². The van der Waals surface area contributed by atoms with Gasteiger partial charge in [0.2, 0.25) is 5.91 Å². The topological polar surface area (TPSA) is 104 Å². The van der Waals surface area contributed by atoms with E-state index >= 15 is 0 Å². The first-order valence-electron chi connectivity index (χ1n) is 8.92. The standard InChI is InChI=1S/C17H35N5O3.HI/c1-7-18-15(20-12-9-14(23)22-13(2)3)19-10-8-11-21-16(24)25-17(4,5)6;/h13H,7-12H2,1-6H3,(H,21,24)(H,22,23)(H2,18,19,20);1H. The predicted octanol–water partition coefficient (Wildman–Crippen LogP) is 1.99. The van der Waals surface area contributed by atoms with Crippen LogP contribution in [0.1, 0.15) is 54.4 Å². The third-order valence-electron chi connectivity index (χ3n) is 2.71. The number of guanidine groups is 1. The van der Waals surface area contributed by atoms with E-state index in [9.17, 15) is 9.59 Å². The monoisotopic (exact) mass is 485 g/mol. The van der Waals surface area contributed by atoms with Gasteiger partial charge in [-0.2, -0.15) is 0 Å². The van der Waals surface area contributed by atoms with Crippen LogP contribution >= 0.6 is 24.0 Å². The number of ether oxygens (including phenoxy) is 1. The molecule has 9 heteroatoms. The Hall–Kier alpha value is -1.26. The van der Waals surface area contributed by atoms with E-state index in [0.717, 1.165) is 6.54 Å². The largest absolute Gasteiger partial charge is 0.444 e. The second-order valence-corrected chi connectivity index (χ2v) is 6.94. The summed E-state index contributed by atoms with van der Waals surface area (Å²) in [5.41, 5.74) is -0.494. The van der Waals surface area contributed by atoms with E-state index in [-0.39, 0.29) is 35.9 Å². The van der Waals surface area contributed by atoms with Crippen LogP contribution in [0.4, 0.5) is 4.79 Å². The summed E-state index contributed by atoms with van der Waals surface area (Å²) in [5, 5.41) is 11.8. The van der Waals surface area contributed by atoms with E-state index in [1.807, 2.05) is 41.5 Å². The zero-order valence-corrected chi connectivity index (χ0v) is 19.2. The SMILES string of the molecule is CCNC(=NCCCNC(=O)OC(C)(C)C)NCCC(=O)NC(C)C.I. The molecule has 4 N–H and O–H groups in total. The van der Waals surface area contributed by atoms with Gasteiger partial charge in [0, 0.05) is 38.6 Å². The van der Waals surface area contributed by atoms with Crippen molar-refractivity contribution in [2.24, 2.45) is 4.99 Å². The lowest BCUT2D eigenvalue weighted by atomic mass is 10.2. The number of amides is 2. The Balaban J connectivity index is 0. The van der Waals surface area contributed by atoms with Gasteiger partial charge in [0.15, 0.2) is 5.96 Å². The summed E-state index contributed by atoms with van der Waals surface area (Å²) in [4.78, 5) is 27.5. The number of nitrogens with one attached hydrogen (secondary N) is 4. The van der Waals surface area contributed by atoms with Crippen molar-refractivity contribution in [1.29, 1.82) is 0 Å². The summed E-state index contributed by atoms with van der Waals surface area (Å²) in [6, 6.07) is 0.145. The van der Waals surface area contributed by atoms with Gasteiger partial charge in [-0.25, -0.2) is 4.79 Å². The number of nitrogens with zero attached hydrogens (tertiary/aromatic N) is 1. The molecule has 0 bridgehead atoms. The molecule has 0 fully saturated rings. The minimum Gasteiger partial charge on any atom is -0.444 e. The van der Waals surface area contributed by atoms with Crippen molar-refractivity contribution in [2.45, 2.75) is 66.0 Å². The van der Waals surface area contributed by atoms with Gasteiger partial charge in [-0.1, -0.05) is 0 Å². The maximum atomic E-state index is 11.6. The van der Waals surface area contributed by atoms with Crippen molar-refractivity contribution >= 4 is 41.9 Å². The van der Waals surface area contributed by atoms with Crippen molar-refractivity contribution < 1.29 is 14.3 Å². The molecule has 26 heavy (non-hydrogen) atoms. The fourth-order valence-corrected chi connectivity index (χ4v) is 1.80. The number of rotatable bonds is 9. The van der Waals surface area contributed by atoms with Gasteiger partial charge < -0.3 is 26.0 Å². The van der Waals surface area contributed by atoms with E-state index in [4.69, 9.17) is 4.74 Å². The molecule has 0 aliphatic rings. The maximum Gasteiger partial charge on any atom is 0.407 e. The molecule has 0 heterocycles. The van der Waals surface area contributed by atoms with E-state index in [1.165, 1.54) is 0 Å². The van der Waals surface area contributed by atoms with Crippen molar-refractivity contribution in [2.75, 3.05) is 26.2 Å². The zero-order valence-electron chi connectivity index (χ0n) is 16.9. The molecule has 0 radical (unpaired) electrons. The first-order chi connectivity index (χ1) is 11.6. The number of halogens is 1. The van der Waals surface area contributed by atoms with E-state index in [0.29, 0.717) is 38.4 Å². The number of hydrogen-bond donors (Lipinski definition) is 4. The second kappa shape index (κ2) is 14.9. The van der Waals surface area contributed by atoms with E-state index in [1.54, 1.807) is 0 Å². The Kier molecular flexibility index (Phi) is 15.4. The smallest absolute Gasteiger partial charge is 0.407 e. The fraction of sp³-hybridized carbons (Fsp3) is 0.824. The Labute approximate surface area is 174 Å². The number of aliphatic imine (C=N–C) groups is 1. The van der Waals surface area contributed by atoms with Gasteiger partial charge in [0.25, 0.3) is 0 Å². The lowest BCUT2D eigenvalue weighted by Crippen LogP contribution is -2.40. The molecule has 154 valence electrons. The van der Waals surface area contributed by atoms with Gasteiger partial charge in [0.1, 0.15) is 5.60 Å². The Morgan fingerprint density at radius 3 is 2.27 bits per heavy atom. The summed E-state index contributed by atoms with van der Waals surface area (Å²) < 4.78 is 5.16. The number of alkyl carbamates (subject to hydrolysis) is 1. The second-order valence-electron chi connectivity index (χ2n) is 6.94. The maximum absolute atomic E-state index is 11.6. The van der Waals surface area contributed by atoms with Crippen LogP contribution in [-0.2, 0) is 9.53 Å². The Morgan fingerprint density at radius 1 is 1.08 bits per heavy atom. The summed E-state index contributed by atoms with van der Waals surface area (Å²) in [6.45, 7) is 13.6. The number of hydrogen-bond acceptors (Lipinski definition) is 4. The first-order valence-corrected chi connectivity index (χ1v) is 8.92. The van der Waals surface area contributed by atoms with Gasteiger partial charge in [-0.05, 0) is 48.0 Å². The van der Waals surface area contributed by atoms with Gasteiger partial charge in [-0.3, -0.25) is 9.79 Å². The van der Waals surface area contributed by atoms with Gasteiger partial charge in [0.05, 0.1) is 0 Å². The molecule has 0 aromatic carbocycles. The average Bonchev–Trinajstić information content (AvgIpc) is 2.44. The molecule has 8 nitrogen and oxygen atoms in total. The fourth-order valence-electron chi connectivity index (χ4n) is 1.80. The highest BCUT2D eigenvalue weighted by Crippen LogP contribution is 2.06. The van der Waals surface area contributed by atoms with Crippen LogP contribution in [0.5, 0.6) is 0 Å². The van der Waals surface area contributed by atoms with E-state index in [2.05, 4.69) is 26.3 Å². The molecule has 0 aromatic rings. The van der Waals surface area contributed by atoms with Crippen molar-refractivity contribution in [3.63, 3.8) is 0 Å². The molecular weight excluding hydrogens is 449 g/mol. The molecule has 0 saturated carbocycles. The van der Waals surface area contributed by atoms with Crippen LogP contribution in [0, 0.1) is 0 Å². The molecule has 2 amide bonds. The minimum atomic E-state index is -0.494. The van der Waals surface area contributed by atoms with Gasteiger partial charge in [-0.15, -0.1) is 24.0 Å². The van der Waals surface area contributed by atoms with Crippen LogP contribution in [0.25, 0.3) is 0 Å². The summed E-state index contributed by atoms with van der Waals surface area (Å²) in [6.07, 6.45) is 0.671. The lowest BCUT2D eigenvalue weighted by molar-refractivity contribution is -0.121. The Bertz CT molecular complexity index is 437. The molecule has 0 rings (SSSR count). The highest BCUT2D eigenvalue weighted by Gasteiger charge is 2.15. The van der Waals surface area contributed by atoms with Crippen molar-refractivity contribution in [3.8, 4) is 0 Å². The highest BCUT2D eigenvalue weighted by molar-refractivity contribution is 14.0. The van der Waals surface area contributed by atoms with E-state index < -0.39 is 11.7 Å². The molecule has 0 aromatic heterocycles. The molecule has 0 atom stereocenters. The number of carbonyl (C=O) groups excluding carboxylic acids is 2. The van der Waals surface area contributed by atoms with Crippen molar-refractivity contribution in [3.05, 3.63) is 0 Å². The molecule has 0 spiro atoms. The van der Waals surface area contributed by atoms with Crippen LogP contribution < -0.4 is 21.3 Å². The van der Waals surface area contributed by atoms with Crippen LogP contribution in [0.2, 0.25) is 0 Å². The molecule has 0 unspecified atom stereocenters. The Morgan fingerprint density at radius 2 is 1.73 bits per heavy atom. The molecule has 0 saturated heterocycles. The summed E-state index contributed by atoms with van der Waals surface area (Å²) >= 11 is 0. The molecule has 0 aliphatic carbocycles. The first kappa shape index (κ1) is 27.0. The molecule has 0 aliphatic heterocycles. The average molecular weight is 485 g/mol. The summed E-state index contributed by atoms with van der Waals surface area (Å²) in [5.74, 6) is 0.678. The number of carbonyl (C=O) groups is 2. The zero-order chi connectivity index (χ0) is 19.3. The van der Waals surface area contributed by atoms with Crippen molar-refractivity contribution in [1.82, 2.24) is 21.3 Å². The third kappa shape index (κ3) is 17.6. The third-order valence-corrected chi connectivity index (χ3v) is 2.71. The predicted molar refractivity (Wildman–Crippen MR) is 116 cm³/mol. The highest BCUT2D eigenvalue weighted by atomic mass is 127. The van der Waals surface area contributed by atoms with Crippen LogP contribution in [0.3, 0.4) is 0 Å². The normalized spacial score (nSPS) is 11.4. The minimum absolute atomic E-state index is 0. The quantitative estimate of drug-likeness (QED) is 0.173. The summed E-state index contributed by atoms with van der Waals surface area (Å²) in [7, 11) is 0.